The fourth-order valence-electron chi connectivity index (χ4n) is 2.80. The number of hydrogen-bond donors (Lipinski definition) is 0. The van der Waals surface area contributed by atoms with E-state index in [1.807, 2.05) is 42.5 Å². The van der Waals surface area contributed by atoms with Crippen LogP contribution in [0.25, 0.3) is 17.1 Å². The molecule has 1 fully saturated rings. The first-order valence-corrected chi connectivity index (χ1v) is 9.43. The van der Waals surface area contributed by atoms with Gasteiger partial charge < -0.3 is 0 Å². The Balaban J connectivity index is 1.52. The molecule has 128 valence electrons. The fraction of sp³-hybridized carbons (Fsp3) is 0.100. The molecule has 1 saturated heterocycles. The summed E-state index contributed by atoms with van der Waals surface area (Å²) in [6.45, 7) is 0.592. The number of thiocarbonyl (C=S) groups is 1. The Hall–Kier alpha value is -2.57. The zero-order valence-corrected chi connectivity index (χ0v) is 15.5. The van der Waals surface area contributed by atoms with Crippen molar-refractivity contribution in [3.05, 3.63) is 77.0 Å². The van der Waals surface area contributed by atoms with Gasteiger partial charge in [-0.2, -0.15) is 0 Å². The van der Waals surface area contributed by atoms with Crippen molar-refractivity contribution in [3.8, 4) is 0 Å². The summed E-state index contributed by atoms with van der Waals surface area (Å²) >= 11 is 6.76. The number of carbonyl (C=O) groups excluding carboxylic acids is 1. The van der Waals surface area contributed by atoms with Crippen LogP contribution in [0, 0.1) is 0 Å². The van der Waals surface area contributed by atoms with Crippen LogP contribution in [0.3, 0.4) is 0 Å². The number of amides is 1. The van der Waals surface area contributed by atoms with Crippen LogP contribution in [-0.4, -0.2) is 31.6 Å². The van der Waals surface area contributed by atoms with Gasteiger partial charge >= 0.3 is 0 Å². The molecule has 3 aromatic rings. The summed E-state index contributed by atoms with van der Waals surface area (Å²) in [6, 6.07) is 15.9. The average molecular weight is 377 g/mol. The topological polar surface area (TPSA) is 46.1 Å². The van der Waals surface area contributed by atoms with E-state index < -0.39 is 0 Å². The maximum atomic E-state index is 12.7. The quantitative estimate of drug-likeness (QED) is 0.507. The molecule has 2 aromatic carbocycles. The second kappa shape index (κ2) is 7.35. The highest BCUT2D eigenvalue weighted by Gasteiger charge is 2.31. The Morgan fingerprint density at radius 1 is 1.04 bits per heavy atom. The third-order valence-corrected chi connectivity index (χ3v) is 5.51. The van der Waals surface area contributed by atoms with E-state index in [1.165, 1.54) is 17.3 Å². The lowest BCUT2D eigenvalue weighted by atomic mass is 10.1. The predicted molar refractivity (Wildman–Crippen MR) is 110 cm³/mol. The summed E-state index contributed by atoms with van der Waals surface area (Å²) in [6.07, 6.45) is 5.98. The van der Waals surface area contributed by atoms with Crippen LogP contribution >= 0.6 is 24.0 Å². The summed E-state index contributed by atoms with van der Waals surface area (Å²) in [7, 11) is 0. The minimum absolute atomic E-state index is 0.0322. The molecule has 1 aliphatic heterocycles. The van der Waals surface area contributed by atoms with Crippen molar-refractivity contribution in [3.63, 3.8) is 0 Å². The smallest absolute Gasteiger partial charge is 0.266 e. The average Bonchev–Trinajstić information content (AvgIpc) is 2.94. The second-order valence-electron chi connectivity index (χ2n) is 5.87. The van der Waals surface area contributed by atoms with Crippen molar-refractivity contribution < 1.29 is 4.79 Å². The maximum absolute atomic E-state index is 12.7. The maximum Gasteiger partial charge on any atom is 0.266 e. The number of hydrogen-bond acceptors (Lipinski definition) is 5. The Kier molecular flexibility index (Phi) is 4.77. The first-order valence-electron chi connectivity index (χ1n) is 8.21. The van der Waals surface area contributed by atoms with Gasteiger partial charge in [-0.05, 0) is 35.8 Å². The van der Waals surface area contributed by atoms with E-state index in [1.54, 1.807) is 17.3 Å². The van der Waals surface area contributed by atoms with Gasteiger partial charge in [-0.25, -0.2) is 0 Å². The van der Waals surface area contributed by atoms with Crippen molar-refractivity contribution in [1.82, 2.24) is 14.9 Å². The molecule has 0 unspecified atom stereocenters. The normalized spacial score (nSPS) is 16.0. The SMILES string of the molecule is O=C1/C(=C\c2ccc3nccnc3c2)SC(=S)N1CCc1ccccc1. The van der Waals surface area contributed by atoms with E-state index >= 15 is 0 Å². The minimum atomic E-state index is -0.0322. The van der Waals surface area contributed by atoms with E-state index in [-0.39, 0.29) is 5.91 Å². The van der Waals surface area contributed by atoms with E-state index in [0.717, 1.165) is 23.0 Å². The Morgan fingerprint density at radius 3 is 2.62 bits per heavy atom. The van der Waals surface area contributed by atoms with Crippen LogP contribution in [0.2, 0.25) is 0 Å². The number of fused-ring (bicyclic) bond motifs is 1. The van der Waals surface area contributed by atoms with Gasteiger partial charge in [0.25, 0.3) is 5.91 Å². The van der Waals surface area contributed by atoms with E-state index in [2.05, 4.69) is 22.1 Å². The molecular formula is C20H15N3OS2. The van der Waals surface area contributed by atoms with Crippen molar-refractivity contribution in [2.24, 2.45) is 0 Å². The standard InChI is InChI=1S/C20H15N3OS2/c24-19-18(13-15-6-7-16-17(12-15)22-10-9-21-16)26-20(25)23(19)11-8-14-4-2-1-3-5-14/h1-7,9-10,12-13H,8,11H2/b18-13+. The summed E-state index contributed by atoms with van der Waals surface area (Å²) in [5, 5.41) is 0. The molecule has 1 aromatic heterocycles. The Morgan fingerprint density at radius 2 is 1.81 bits per heavy atom. The number of benzene rings is 2. The van der Waals surface area contributed by atoms with Crippen LogP contribution in [0.5, 0.6) is 0 Å². The Bertz CT molecular complexity index is 1020. The summed E-state index contributed by atoms with van der Waals surface area (Å²) in [5.74, 6) is -0.0322. The molecule has 0 spiro atoms. The van der Waals surface area contributed by atoms with E-state index in [0.29, 0.717) is 15.8 Å². The van der Waals surface area contributed by atoms with Gasteiger partial charge in [0.1, 0.15) is 4.32 Å². The molecule has 1 aliphatic rings. The predicted octanol–water partition coefficient (Wildman–Crippen LogP) is 4.07. The zero-order chi connectivity index (χ0) is 17.9. The highest BCUT2D eigenvalue weighted by atomic mass is 32.2. The molecule has 6 heteroatoms. The molecule has 4 nitrogen and oxygen atoms in total. The summed E-state index contributed by atoms with van der Waals surface area (Å²) in [4.78, 5) is 23.6. The molecule has 2 heterocycles. The lowest BCUT2D eigenvalue weighted by molar-refractivity contribution is -0.122. The van der Waals surface area contributed by atoms with Crippen molar-refractivity contribution in [1.29, 1.82) is 0 Å². The van der Waals surface area contributed by atoms with E-state index in [9.17, 15) is 4.79 Å². The number of rotatable bonds is 4. The fourth-order valence-corrected chi connectivity index (χ4v) is 4.11. The van der Waals surface area contributed by atoms with Crippen LogP contribution < -0.4 is 0 Å². The first-order chi connectivity index (χ1) is 12.7. The van der Waals surface area contributed by atoms with Crippen LogP contribution in [0.4, 0.5) is 0 Å². The van der Waals surface area contributed by atoms with Gasteiger partial charge in [0.15, 0.2) is 0 Å². The second-order valence-corrected chi connectivity index (χ2v) is 7.55. The largest absolute Gasteiger partial charge is 0.293 e. The molecule has 26 heavy (non-hydrogen) atoms. The molecule has 0 saturated carbocycles. The Labute approximate surface area is 161 Å². The van der Waals surface area contributed by atoms with Crippen molar-refractivity contribution >= 4 is 51.3 Å². The molecule has 1 amide bonds. The first kappa shape index (κ1) is 16.9. The molecule has 0 atom stereocenters. The van der Waals surface area contributed by atoms with Gasteiger partial charge in [-0.1, -0.05) is 60.4 Å². The number of aromatic nitrogens is 2. The van der Waals surface area contributed by atoms with Gasteiger partial charge in [0, 0.05) is 18.9 Å². The zero-order valence-electron chi connectivity index (χ0n) is 13.8. The molecule has 0 radical (unpaired) electrons. The third kappa shape index (κ3) is 3.52. The highest BCUT2D eigenvalue weighted by Crippen LogP contribution is 2.32. The van der Waals surface area contributed by atoms with Crippen LogP contribution in [-0.2, 0) is 11.2 Å². The van der Waals surface area contributed by atoms with E-state index in [4.69, 9.17) is 12.2 Å². The molecule has 0 N–H and O–H groups in total. The third-order valence-electron chi connectivity index (χ3n) is 4.13. The van der Waals surface area contributed by atoms with Gasteiger partial charge in [0.2, 0.25) is 0 Å². The number of nitrogens with zero attached hydrogens (tertiary/aromatic N) is 3. The van der Waals surface area contributed by atoms with Crippen molar-refractivity contribution in [2.75, 3.05) is 6.54 Å². The highest BCUT2D eigenvalue weighted by molar-refractivity contribution is 8.26. The molecular weight excluding hydrogens is 362 g/mol. The number of thioether (sulfide) groups is 1. The summed E-state index contributed by atoms with van der Waals surface area (Å²) < 4.78 is 0.609. The molecule has 0 aliphatic carbocycles. The minimum Gasteiger partial charge on any atom is -0.293 e. The monoisotopic (exact) mass is 377 g/mol. The van der Waals surface area contributed by atoms with Crippen LogP contribution in [0.15, 0.2) is 65.8 Å². The van der Waals surface area contributed by atoms with Crippen LogP contribution in [0.1, 0.15) is 11.1 Å². The van der Waals surface area contributed by atoms with Gasteiger partial charge in [-0.3, -0.25) is 19.7 Å². The number of carbonyl (C=O) groups is 1. The summed E-state index contributed by atoms with van der Waals surface area (Å²) in [5.41, 5.74) is 3.75. The van der Waals surface area contributed by atoms with Crippen molar-refractivity contribution in [2.45, 2.75) is 6.42 Å². The van der Waals surface area contributed by atoms with Gasteiger partial charge in [0.05, 0.1) is 15.9 Å². The molecule has 4 rings (SSSR count). The molecule has 0 bridgehead atoms. The lowest BCUT2D eigenvalue weighted by Gasteiger charge is -2.14. The lowest BCUT2D eigenvalue weighted by Crippen LogP contribution is -2.30. The van der Waals surface area contributed by atoms with Gasteiger partial charge in [-0.15, -0.1) is 0 Å².